The number of aryl methyl sites for hydroxylation is 1. The number of benzene rings is 2. The Morgan fingerprint density at radius 1 is 1.06 bits per heavy atom. The second-order valence-corrected chi connectivity index (χ2v) is 9.35. The van der Waals surface area contributed by atoms with Crippen LogP contribution in [0, 0.1) is 6.92 Å². The number of nitrogens with zero attached hydrogens (tertiary/aromatic N) is 1. The van der Waals surface area contributed by atoms with Crippen molar-refractivity contribution in [1.82, 2.24) is 10.2 Å². The van der Waals surface area contributed by atoms with Gasteiger partial charge in [-0.05, 0) is 70.0 Å². The summed E-state index contributed by atoms with van der Waals surface area (Å²) in [4.78, 5) is 40.9. The minimum atomic E-state index is -0.978. The number of methoxy groups -OCH3 is 1. The molecule has 2 rings (SSSR count). The predicted octanol–water partition coefficient (Wildman–Crippen LogP) is 4.36. The molecule has 3 amide bonds. The van der Waals surface area contributed by atoms with E-state index >= 15 is 0 Å². The number of anilines is 1. The van der Waals surface area contributed by atoms with E-state index in [1.54, 1.807) is 59.1 Å². The molecule has 0 heterocycles. The van der Waals surface area contributed by atoms with E-state index in [4.69, 9.17) is 9.47 Å². The maximum Gasteiger partial charge on any atom is 0.408 e. The van der Waals surface area contributed by atoms with Gasteiger partial charge in [-0.2, -0.15) is 12.6 Å². The van der Waals surface area contributed by atoms with Crippen LogP contribution in [-0.2, 0) is 14.3 Å². The number of likely N-dealkylation sites (N-methyl/N-ethyl adjacent to an activating group) is 1. The van der Waals surface area contributed by atoms with Crippen LogP contribution in [0.25, 0.3) is 0 Å². The first-order chi connectivity index (χ1) is 16.5. The van der Waals surface area contributed by atoms with Crippen LogP contribution in [-0.4, -0.2) is 53.9 Å². The van der Waals surface area contributed by atoms with Crippen LogP contribution in [0.4, 0.5) is 10.5 Å². The number of carbonyl (C=O) groups excluding carboxylic acids is 3. The van der Waals surface area contributed by atoms with Gasteiger partial charge in [0.1, 0.15) is 23.4 Å². The lowest BCUT2D eigenvalue weighted by Crippen LogP contribution is -2.53. The fraction of sp³-hybridized carbons (Fsp3) is 0.423. The third-order valence-corrected chi connectivity index (χ3v) is 5.56. The second kappa shape index (κ2) is 12.5. The summed E-state index contributed by atoms with van der Waals surface area (Å²) in [5.74, 6) is -0.121. The number of alkyl carbamates (subject to hydrolysis) is 1. The van der Waals surface area contributed by atoms with E-state index < -0.39 is 29.7 Å². The molecule has 0 aromatic heterocycles. The van der Waals surface area contributed by atoms with Crippen molar-refractivity contribution in [3.05, 3.63) is 59.7 Å². The standard InChI is InChI=1S/C26H35N3O5S/c1-7-29(24(31)21(16-35)28-25(32)34-26(3,4)5)22(20-11-9-8-10-17(20)2)23(30)27-18-12-14-19(33-6)15-13-18/h8-15,21-22,35H,7,16H2,1-6H3,(H,27,30)(H,28,32). The summed E-state index contributed by atoms with van der Waals surface area (Å²) in [5, 5.41) is 5.48. The molecule has 0 fully saturated rings. The van der Waals surface area contributed by atoms with Gasteiger partial charge < -0.3 is 25.0 Å². The third-order valence-electron chi connectivity index (χ3n) is 5.20. The Balaban J connectivity index is 2.38. The van der Waals surface area contributed by atoms with E-state index in [-0.39, 0.29) is 18.2 Å². The average Bonchev–Trinajstić information content (AvgIpc) is 2.80. The number of nitrogens with one attached hydrogen (secondary N) is 2. The first-order valence-corrected chi connectivity index (χ1v) is 12.0. The summed E-state index contributed by atoms with van der Waals surface area (Å²) in [6.07, 6.45) is -0.726. The highest BCUT2D eigenvalue weighted by molar-refractivity contribution is 7.80. The maximum absolute atomic E-state index is 13.6. The van der Waals surface area contributed by atoms with Crippen molar-refractivity contribution >= 4 is 36.2 Å². The zero-order valence-corrected chi connectivity index (χ0v) is 22.0. The summed E-state index contributed by atoms with van der Waals surface area (Å²) in [5.41, 5.74) is 1.39. The van der Waals surface area contributed by atoms with Gasteiger partial charge in [0.15, 0.2) is 0 Å². The van der Waals surface area contributed by atoms with Crippen LogP contribution < -0.4 is 15.4 Å². The molecule has 0 aliphatic rings. The van der Waals surface area contributed by atoms with E-state index in [9.17, 15) is 14.4 Å². The van der Waals surface area contributed by atoms with Crippen molar-refractivity contribution < 1.29 is 23.9 Å². The molecular formula is C26H35N3O5S. The highest BCUT2D eigenvalue weighted by Gasteiger charge is 2.35. The lowest BCUT2D eigenvalue weighted by Gasteiger charge is -2.34. The molecule has 0 radical (unpaired) electrons. The lowest BCUT2D eigenvalue weighted by molar-refractivity contribution is -0.140. The molecule has 2 aromatic carbocycles. The number of thiol groups is 1. The first-order valence-electron chi connectivity index (χ1n) is 11.4. The number of carbonyl (C=O) groups is 3. The lowest BCUT2D eigenvalue weighted by atomic mass is 9.98. The smallest absolute Gasteiger partial charge is 0.408 e. The molecule has 0 aliphatic heterocycles. The van der Waals surface area contributed by atoms with E-state index in [0.29, 0.717) is 17.0 Å². The van der Waals surface area contributed by atoms with Crippen LogP contribution in [0.3, 0.4) is 0 Å². The van der Waals surface area contributed by atoms with Gasteiger partial charge in [-0.1, -0.05) is 24.3 Å². The molecule has 2 N–H and O–H groups in total. The van der Waals surface area contributed by atoms with Gasteiger partial charge in [0.05, 0.1) is 7.11 Å². The largest absolute Gasteiger partial charge is 0.497 e. The molecule has 0 bridgehead atoms. The van der Waals surface area contributed by atoms with Gasteiger partial charge in [-0.25, -0.2) is 4.79 Å². The molecule has 0 saturated carbocycles. The average molecular weight is 502 g/mol. The number of amides is 3. The van der Waals surface area contributed by atoms with Crippen molar-refractivity contribution in [1.29, 1.82) is 0 Å². The Bertz CT molecular complexity index is 1020. The maximum atomic E-state index is 13.6. The Labute approximate surface area is 212 Å². The van der Waals surface area contributed by atoms with E-state index in [1.165, 1.54) is 4.90 Å². The van der Waals surface area contributed by atoms with Crippen LogP contribution in [0.1, 0.15) is 44.9 Å². The summed E-state index contributed by atoms with van der Waals surface area (Å²) in [7, 11) is 1.57. The Morgan fingerprint density at radius 3 is 2.20 bits per heavy atom. The number of ether oxygens (including phenoxy) is 2. The quantitative estimate of drug-likeness (QED) is 0.444. The molecule has 2 aromatic rings. The topological polar surface area (TPSA) is 97.0 Å². The summed E-state index contributed by atoms with van der Waals surface area (Å²) in [6, 6.07) is 12.4. The molecule has 0 saturated heterocycles. The SMILES string of the molecule is CCN(C(=O)C(CS)NC(=O)OC(C)(C)C)C(C(=O)Nc1ccc(OC)cc1)c1ccccc1C. The van der Waals surface area contributed by atoms with Crippen molar-refractivity contribution in [2.24, 2.45) is 0 Å². The van der Waals surface area contributed by atoms with Gasteiger partial charge >= 0.3 is 6.09 Å². The molecule has 8 nitrogen and oxygen atoms in total. The summed E-state index contributed by atoms with van der Waals surface area (Å²) in [6.45, 7) is 9.11. The van der Waals surface area contributed by atoms with Crippen molar-refractivity contribution in [2.75, 3.05) is 24.7 Å². The molecule has 2 unspecified atom stereocenters. The first kappa shape index (κ1) is 28.0. The van der Waals surface area contributed by atoms with Crippen LogP contribution >= 0.6 is 12.6 Å². The molecule has 2 atom stereocenters. The monoisotopic (exact) mass is 501 g/mol. The second-order valence-electron chi connectivity index (χ2n) is 8.98. The highest BCUT2D eigenvalue weighted by atomic mass is 32.1. The normalized spacial score (nSPS) is 12.8. The minimum absolute atomic E-state index is 0.0369. The van der Waals surface area contributed by atoms with E-state index in [1.807, 2.05) is 31.2 Å². The zero-order valence-electron chi connectivity index (χ0n) is 21.1. The van der Waals surface area contributed by atoms with Gasteiger partial charge in [-0.15, -0.1) is 0 Å². The predicted molar refractivity (Wildman–Crippen MR) is 140 cm³/mol. The molecule has 190 valence electrons. The zero-order chi connectivity index (χ0) is 26.2. The number of rotatable bonds is 9. The third kappa shape index (κ3) is 7.92. The van der Waals surface area contributed by atoms with Gasteiger partial charge in [0.2, 0.25) is 5.91 Å². The molecule has 0 spiro atoms. The molecule has 9 heteroatoms. The number of hydrogen-bond acceptors (Lipinski definition) is 6. The van der Waals surface area contributed by atoms with Crippen molar-refractivity contribution in [3.63, 3.8) is 0 Å². The van der Waals surface area contributed by atoms with Gasteiger partial charge in [0, 0.05) is 18.0 Å². The van der Waals surface area contributed by atoms with Crippen LogP contribution in [0.15, 0.2) is 48.5 Å². The number of hydrogen-bond donors (Lipinski definition) is 3. The fourth-order valence-electron chi connectivity index (χ4n) is 3.53. The molecular weight excluding hydrogens is 466 g/mol. The molecule has 0 aliphatic carbocycles. The fourth-order valence-corrected chi connectivity index (χ4v) is 3.78. The Kier molecular flexibility index (Phi) is 10.0. The highest BCUT2D eigenvalue weighted by Crippen LogP contribution is 2.27. The van der Waals surface area contributed by atoms with Crippen LogP contribution in [0.5, 0.6) is 5.75 Å². The van der Waals surface area contributed by atoms with Gasteiger partial charge in [-0.3, -0.25) is 9.59 Å². The minimum Gasteiger partial charge on any atom is -0.497 e. The Hall–Kier alpha value is -3.20. The molecule has 35 heavy (non-hydrogen) atoms. The van der Waals surface area contributed by atoms with E-state index in [0.717, 1.165) is 5.56 Å². The van der Waals surface area contributed by atoms with Gasteiger partial charge in [0.25, 0.3) is 5.91 Å². The van der Waals surface area contributed by atoms with Crippen molar-refractivity contribution in [2.45, 2.75) is 52.3 Å². The van der Waals surface area contributed by atoms with Crippen LogP contribution in [0.2, 0.25) is 0 Å². The van der Waals surface area contributed by atoms with E-state index in [2.05, 4.69) is 23.3 Å². The summed E-state index contributed by atoms with van der Waals surface area (Å²) >= 11 is 4.27. The summed E-state index contributed by atoms with van der Waals surface area (Å²) < 4.78 is 10.5. The van der Waals surface area contributed by atoms with Crippen molar-refractivity contribution in [3.8, 4) is 5.75 Å². The Morgan fingerprint density at radius 2 is 1.69 bits per heavy atom.